The molecule has 0 amide bonds. The molecule has 1 saturated heterocycles. The maximum Gasteiger partial charge on any atom is 0.303 e. The lowest BCUT2D eigenvalue weighted by Crippen LogP contribution is -2.18. The molecule has 1 rings (SSSR count). The van der Waals surface area contributed by atoms with Gasteiger partial charge in [0.05, 0.1) is 12.5 Å². The van der Waals surface area contributed by atoms with Crippen LogP contribution in [0.1, 0.15) is 25.7 Å². The van der Waals surface area contributed by atoms with Crippen molar-refractivity contribution in [1.82, 2.24) is 0 Å². The molecule has 0 saturated carbocycles. The minimum Gasteiger partial charge on any atom is -0.481 e. The van der Waals surface area contributed by atoms with Crippen molar-refractivity contribution in [2.45, 2.75) is 31.8 Å². The standard InChI is InChI=1S/C11H18O4/c12-6-3-1-2-4-10-9(5-7-15-10)8-11(13)14/h1-2,9-10,12H,3-8H2,(H,13,14)/b2-1-. The molecule has 0 spiro atoms. The highest BCUT2D eigenvalue weighted by atomic mass is 16.5. The number of hydrogen-bond donors (Lipinski definition) is 2. The van der Waals surface area contributed by atoms with Gasteiger partial charge in [-0.1, -0.05) is 12.2 Å². The summed E-state index contributed by atoms with van der Waals surface area (Å²) in [6.07, 6.45) is 6.33. The van der Waals surface area contributed by atoms with Crippen molar-refractivity contribution < 1.29 is 19.7 Å². The van der Waals surface area contributed by atoms with Crippen LogP contribution in [0.25, 0.3) is 0 Å². The van der Waals surface area contributed by atoms with E-state index in [1.54, 1.807) is 0 Å². The summed E-state index contributed by atoms with van der Waals surface area (Å²) >= 11 is 0. The molecule has 2 atom stereocenters. The Morgan fingerprint density at radius 1 is 1.47 bits per heavy atom. The van der Waals surface area contributed by atoms with Crippen LogP contribution in [0.2, 0.25) is 0 Å². The number of hydrogen-bond acceptors (Lipinski definition) is 3. The monoisotopic (exact) mass is 214 g/mol. The molecule has 4 nitrogen and oxygen atoms in total. The first-order chi connectivity index (χ1) is 7.24. The summed E-state index contributed by atoms with van der Waals surface area (Å²) in [5, 5.41) is 17.3. The van der Waals surface area contributed by atoms with Crippen LogP contribution in [-0.2, 0) is 9.53 Å². The van der Waals surface area contributed by atoms with Gasteiger partial charge in [-0.3, -0.25) is 4.79 Å². The predicted molar refractivity (Wildman–Crippen MR) is 55.6 cm³/mol. The number of carbonyl (C=O) groups is 1. The average molecular weight is 214 g/mol. The first-order valence-electron chi connectivity index (χ1n) is 5.33. The zero-order valence-corrected chi connectivity index (χ0v) is 8.76. The molecule has 0 aliphatic carbocycles. The summed E-state index contributed by atoms with van der Waals surface area (Å²) in [7, 11) is 0. The Bertz CT molecular complexity index is 225. The second-order valence-corrected chi connectivity index (χ2v) is 3.78. The van der Waals surface area contributed by atoms with Gasteiger partial charge in [-0.25, -0.2) is 0 Å². The summed E-state index contributed by atoms with van der Waals surface area (Å²) in [6.45, 7) is 0.816. The lowest BCUT2D eigenvalue weighted by Gasteiger charge is -2.14. The van der Waals surface area contributed by atoms with Gasteiger partial charge in [0, 0.05) is 13.2 Å². The molecule has 1 aliphatic heterocycles. The lowest BCUT2D eigenvalue weighted by molar-refractivity contribution is -0.138. The van der Waals surface area contributed by atoms with E-state index < -0.39 is 5.97 Å². The zero-order valence-electron chi connectivity index (χ0n) is 8.76. The zero-order chi connectivity index (χ0) is 11.1. The van der Waals surface area contributed by atoms with Gasteiger partial charge in [-0.15, -0.1) is 0 Å². The molecule has 1 heterocycles. The van der Waals surface area contributed by atoms with E-state index in [0.717, 1.165) is 12.8 Å². The number of rotatable bonds is 6. The van der Waals surface area contributed by atoms with E-state index in [1.165, 1.54) is 0 Å². The molecule has 0 radical (unpaired) electrons. The van der Waals surface area contributed by atoms with Crippen LogP contribution < -0.4 is 0 Å². The summed E-state index contributed by atoms with van der Waals surface area (Å²) < 4.78 is 5.47. The van der Waals surface area contributed by atoms with E-state index in [9.17, 15) is 4.79 Å². The number of carboxylic acids is 1. The highest BCUT2D eigenvalue weighted by Gasteiger charge is 2.28. The predicted octanol–water partition coefficient (Wildman–Crippen LogP) is 1.19. The van der Waals surface area contributed by atoms with Gasteiger partial charge in [0.2, 0.25) is 0 Å². The van der Waals surface area contributed by atoms with E-state index in [4.69, 9.17) is 14.9 Å². The Kier molecular flexibility index (Phi) is 5.36. The Morgan fingerprint density at radius 2 is 2.27 bits per heavy atom. The molecule has 1 aliphatic rings. The molecular weight excluding hydrogens is 196 g/mol. The average Bonchev–Trinajstić information content (AvgIpc) is 2.59. The van der Waals surface area contributed by atoms with E-state index in [1.807, 2.05) is 12.2 Å². The molecule has 15 heavy (non-hydrogen) atoms. The van der Waals surface area contributed by atoms with Crippen LogP contribution in [-0.4, -0.2) is 35.5 Å². The maximum atomic E-state index is 10.6. The van der Waals surface area contributed by atoms with E-state index in [2.05, 4.69) is 0 Å². The molecule has 0 bridgehead atoms. The van der Waals surface area contributed by atoms with Crippen molar-refractivity contribution in [2.75, 3.05) is 13.2 Å². The van der Waals surface area contributed by atoms with Crippen molar-refractivity contribution in [3.63, 3.8) is 0 Å². The van der Waals surface area contributed by atoms with Gasteiger partial charge >= 0.3 is 5.97 Å². The van der Waals surface area contributed by atoms with Crippen LogP contribution in [0.5, 0.6) is 0 Å². The molecule has 0 aromatic carbocycles. The summed E-state index contributed by atoms with van der Waals surface area (Å²) in [5.41, 5.74) is 0. The number of aliphatic hydroxyl groups excluding tert-OH is 1. The Morgan fingerprint density at radius 3 is 2.93 bits per heavy atom. The summed E-state index contributed by atoms with van der Waals surface area (Å²) in [6, 6.07) is 0. The Balaban J connectivity index is 2.29. The molecule has 1 fully saturated rings. The van der Waals surface area contributed by atoms with Crippen LogP contribution >= 0.6 is 0 Å². The van der Waals surface area contributed by atoms with Crippen LogP contribution in [0.15, 0.2) is 12.2 Å². The van der Waals surface area contributed by atoms with Crippen LogP contribution in [0, 0.1) is 5.92 Å². The maximum absolute atomic E-state index is 10.6. The summed E-state index contributed by atoms with van der Waals surface area (Å²) in [4.78, 5) is 10.6. The first kappa shape index (κ1) is 12.2. The topological polar surface area (TPSA) is 66.8 Å². The van der Waals surface area contributed by atoms with Gasteiger partial charge in [-0.2, -0.15) is 0 Å². The molecule has 86 valence electrons. The van der Waals surface area contributed by atoms with Crippen molar-refractivity contribution in [2.24, 2.45) is 5.92 Å². The largest absolute Gasteiger partial charge is 0.481 e. The van der Waals surface area contributed by atoms with Gasteiger partial charge in [-0.05, 0) is 25.2 Å². The molecule has 2 N–H and O–H groups in total. The third kappa shape index (κ3) is 4.44. The minimum atomic E-state index is -0.755. The quantitative estimate of drug-likeness (QED) is 0.652. The van der Waals surface area contributed by atoms with E-state index in [-0.39, 0.29) is 25.0 Å². The van der Waals surface area contributed by atoms with Crippen molar-refractivity contribution in [3.8, 4) is 0 Å². The molecular formula is C11H18O4. The second kappa shape index (κ2) is 6.58. The Labute approximate surface area is 89.6 Å². The first-order valence-corrected chi connectivity index (χ1v) is 5.33. The van der Waals surface area contributed by atoms with Crippen molar-refractivity contribution in [1.29, 1.82) is 0 Å². The lowest BCUT2D eigenvalue weighted by atomic mass is 9.95. The fraction of sp³-hybridized carbons (Fsp3) is 0.727. The van der Waals surface area contributed by atoms with Gasteiger partial charge < -0.3 is 14.9 Å². The van der Waals surface area contributed by atoms with Crippen molar-refractivity contribution in [3.05, 3.63) is 12.2 Å². The highest BCUT2D eigenvalue weighted by molar-refractivity contribution is 5.67. The smallest absolute Gasteiger partial charge is 0.303 e. The number of ether oxygens (including phenoxy) is 1. The van der Waals surface area contributed by atoms with Gasteiger partial charge in [0.25, 0.3) is 0 Å². The molecule has 4 heteroatoms. The third-order valence-corrected chi connectivity index (χ3v) is 2.61. The SMILES string of the molecule is O=C(O)CC1CCOC1C/C=C\CCO. The number of aliphatic hydroxyl groups is 1. The van der Waals surface area contributed by atoms with Crippen molar-refractivity contribution >= 4 is 5.97 Å². The van der Waals surface area contributed by atoms with Gasteiger partial charge in [0.15, 0.2) is 0 Å². The molecule has 2 unspecified atom stereocenters. The minimum absolute atomic E-state index is 0.0380. The fourth-order valence-corrected chi connectivity index (χ4v) is 1.83. The van der Waals surface area contributed by atoms with Crippen LogP contribution in [0.3, 0.4) is 0 Å². The highest BCUT2D eigenvalue weighted by Crippen LogP contribution is 2.26. The normalized spacial score (nSPS) is 26.2. The van der Waals surface area contributed by atoms with E-state index >= 15 is 0 Å². The Hall–Kier alpha value is -0.870. The van der Waals surface area contributed by atoms with E-state index in [0.29, 0.717) is 13.0 Å². The molecule has 0 aromatic heterocycles. The summed E-state index contributed by atoms with van der Waals surface area (Å²) in [5.74, 6) is -0.615. The number of aliphatic carboxylic acids is 1. The molecule has 0 aromatic rings. The second-order valence-electron chi connectivity index (χ2n) is 3.78. The van der Waals surface area contributed by atoms with Crippen LogP contribution in [0.4, 0.5) is 0 Å². The third-order valence-electron chi connectivity index (χ3n) is 2.61. The fourth-order valence-electron chi connectivity index (χ4n) is 1.83. The number of carboxylic acid groups (broad SMARTS) is 1. The van der Waals surface area contributed by atoms with Gasteiger partial charge in [0.1, 0.15) is 0 Å².